The molecule has 51 heavy (non-hydrogen) atoms. The van der Waals surface area contributed by atoms with Crippen molar-refractivity contribution in [1.29, 1.82) is 0 Å². The highest BCUT2D eigenvalue weighted by molar-refractivity contribution is 5.31. The summed E-state index contributed by atoms with van der Waals surface area (Å²) in [4.78, 5) is 0. The number of rotatable bonds is 14. The van der Waals surface area contributed by atoms with Gasteiger partial charge in [-0.1, -0.05) is 82.6 Å². The van der Waals surface area contributed by atoms with Crippen molar-refractivity contribution < 1.29 is 83.4 Å². The van der Waals surface area contributed by atoms with E-state index in [1.54, 1.807) is 0 Å². The van der Waals surface area contributed by atoms with Crippen LogP contribution in [0.5, 0.6) is 0 Å². The molecule has 296 valence electrons. The molecule has 2 aliphatic rings. The van der Waals surface area contributed by atoms with Crippen molar-refractivity contribution in [1.82, 2.24) is 0 Å². The lowest BCUT2D eigenvalue weighted by Crippen LogP contribution is -2.75. The maximum Gasteiger partial charge on any atom is 0.460 e. The van der Waals surface area contributed by atoms with Crippen molar-refractivity contribution in [2.45, 2.75) is 143 Å². The Balaban J connectivity index is 1.75. The summed E-state index contributed by atoms with van der Waals surface area (Å²) in [6.07, 6.45) is 3.43. The second kappa shape index (κ2) is 14.3. The SMILES string of the molecule is CCC[C@H]1CC[C@H](CC[C@H]2CC[C@H](c3ccc(C(F)(F)C(F)(F)C(F)(F)C(F)(F)C(F)(F)C(F)(F)C(F)(F)C(F)(F)C(F)(F)F)cc3)CC2)CC1. The van der Waals surface area contributed by atoms with Crippen LogP contribution in [0.2, 0.25) is 0 Å². The molecule has 2 aliphatic carbocycles. The molecule has 0 amide bonds. The van der Waals surface area contributed by atoms with Crippen molar-refractivity contribution >= 4 is 0 Å². The Morgan fingerprint density at radius 2 is 0.725 bits per heavy atom. The van der Waals surface area contributed by atoms with Gasteiger partial charge in [-0.15, -0.1) is 0 Å². The average Bonchev–Trinajstić information content (AvgIpc) is 3.03. The van der Waals surface area contributed by atoms with E-state index in [1.165, 1.54) is 19.3 Å². The molecule has 0 radical (unpaired) electrons. The number of hydrogen-bond acceptors (Lipinski definition) is 0. The van der Waals surface area contributed by atoms with Gasteiger partial charge in [-0.2, -0.15) is 83.4 Å². The predicted octanol–water partition coefficient (Wildman–Crippen LogP) is 13.4. The van der Waals surface area contributed by atoms with Crippen molar-refractivity contribution in [3.05, 3.63) is 35.4 Å². The summed E-state index contributed by atoms with van der Waals surface area (Å²) in [6.45, 7) is 2.14. The lowest BCUT2D eigenvalue weighted by molar-refractivity contribution is -0.469. The smallest absolute Gasteiger partial charge is 0.194 e. The maximum atomic E-state index is 14.7. The first-order valence-corrected chi connectivity index (χ1v) is 16.1. The Hall–Kier alpha value is -2.11. The van der Waals surface area contributed by atoms with Crippen molar-refractivity contribution in [2.24, 2.45) is 17.8 Å². The van der Waals surface area contributed by atoms with E-state index in [0.717, 1.165) is 50.2 Å². The molecule has 0 aromatic heterocycles. The number of halogens is 19. The minimum atomic E-state index is -8.92. The monoisotopic (exact) mass is 780 g/mol. The van der Waals surface area contributed by atoms with Gasteiger partial charge in [-0.3, -0.25) is 0 Å². The summed E-state index contributed by atoms with van der Waals surface area (Å²) in [5.41, 5.74) is -2.04. The Morgan fingerprint density at radius 1 is 0.412 bits per heavy atom. The molecule has 3 rings (SSSR count). The first kappa shape index (κ1) is 43.3. The highest BCUT2D eigenvalue weighted by Crippen LogP contribution is 2.66. The molecular weight excluding hydrogens is 745 g/mol. The van der Waals surface area contributed by atoms with Crippen LogP contribution in [0, 0.1) is 17.8 Å². The third kappa shape index (κ3) is 7.26. The summed E-state index contributed by atoms with van der Waals surface area (Å²) in [5.74, 6) is -65.3. The van der Waals surface area contributed by atoms with Gasteiger partial charge in [0.2, 0.25) is 0 Å². The Morgan fingerprint density at radius 3 is 1.08 bits per heavy atom. The van der Waals surface area contributed by atoms with Gasteiger partial charge in [0.05, 0.1) is 0 Å². The van der Waals surface area contributed by atoms with Crippen LogP contribution in [0.25, 0.3) is 0 Å². The van der Waals surface area contributed by atoms with Crippen LogP contribution in [0.15, 0.2) is 24.3 Å². The Kier molecular flexibility index (Phi) is 12.1. The summed E-state index contributed by atoms with van der Waals surface area (Å²) in [6, 6.07) is 1.50. The quantitative estimate of drug-likeness (QED) is 0.165. The molecule has 0 N–H and O–H groups in total. The fraction of sp³-hybridized carbons (Fsp3) is 0.812. The van der Waals surface area contributed by atoms with Gasteiger partial charge >= 0.3 is 53.6 Å². The van der Waals surface area contributed by atoms with E-state index in [1.807, 2.05) is 0 Å². The third-order valence-corrected chi connectivity index (χ3v) is 10.4. The Labute approximate surface area is 280 Å². The van der Waals surface area contributed by atoms with Crippen LogP contribution in [0.4, 0.5) is 83.4 Å². The van der Waals surface area contributed by atoms with Crippen molar-refractivity contribution in [3.8, 4) is 0 Å². The highest BCUT2D eigenvalue weighted by atomic mass is 19.4. The van der Waals surface area contributed by atoms with Gasteiger partial charge in [0.15, 0.2) is 0 Å². The number of benzene rings is 1. The van der Waals surface area contributed by atoms with E-state index in [9.17, 15) is 83.4 Å². The molecule has 2 fully saturated rings. The zero-order valence-electron chi connectivity index (χ0n) is 26.8. The summed E-state index contributed by atoms with van der Waals surface area (Å²) >= 11 is 0. The van der Waals surface area contributed by atoms with E-state index >= 15 is 0 Å². The lowest BCUT2D eigenvalue weighted by atomic mass is 9.74. The van der Waals surface area contributed by atoms with Crippen LogP contribution in [-0.4, -0.2) is 47.6 Å². The van der Waals surface area contributed by atoms with Crippen LogP contribution in [-0.2, 0) is 5.92 Å². The fourth-order valence-electron chi connectivity index (χ4n) is 6.98. The molecule has 0 atom stereocenters. The minimum Gasteiger partial charge on any atom is -0.194 e. The minimum absolute atomic E-state index is 0.0310. The summed E-state index contributed by atoms with van der Waals surface area (Å²) in [5, 5.41) is 0. The largest absolute Gasteiger partial charge is 0.460 e. The molecule has 0 unspecified atom stereocenters. The molecule has 0 heterocycles. The van der Waals surface area contributed by atoms with Crippen LogP contribution in [0.3, 0.4) is 0 Å². The molecule has 0 saturated heterocycles. The van der Waals surface area contributed by atoms with E-state index in [4.69, 9.17) is 0 Å². The highest BCUT2D eigenvalue weighted by Gasteiger charge is 2.96. The van der Waals surface area contributed by atoms with Crippen molar-refractivity contribution in [3.63, 3.8) is 0 Å². The molecule has 1 aromatic carbocycles. The van der Waals surface area contributed by atoms with E-state index in [0.29, 0.717) is 37.5 Å². The standard InChI is InChI=1S/C32H35F19/c1-2-3-18-4-6-19(7-5-18)8-9-20-10-12-21(13-11-20)22-14-16-23(17-15-22)24(33,34)25(35,36)26(37,38)27(39,40)28(41,42)29(43,44)30(45,46)31(47,48)32(49,50)51/h14-21H,2-13H2,1H3/t18-,19-,20-,21-. The predicted molar refractivity (Wildman–Crippen MR) is 145 cm³/mol. The van der Waals surface area contributed by atoms with Gasteiger partial charge in [0.25, 0.3) is 0 Å². The maximum absolute atomic E-state index is 14.7. The Bertz CT molecular complexity index is 1280. The zero-order chi connectivity index (χ0) is 39.3. The second-order valence-electron chi connectivity index (χ2n) is 13.7. The molecule has 2 saturated carbocycles. The van der Waals surface area contributed by atoms with Gasteiger partial charge in [-0.05, 0) is 54.9 Å². The van der Waals surface area contributed by atoms with E-state index in [2.05, 4.69) is 6.92 Å². The molecule has 0 spiro atoms. The summed E-state index contributed by atoms with van der Waals surface area (Å²) in [7, 11) is 0. The van der Waals surface area contributed by atoms with E-state index < -0.39 is 59.1 Å². The average molecular weight is 781 g/mol. The van der Waals surface area contributed by atoms with Gasteiger partial charge in [0, 0.05) is 5.56 Å². The third-order valence-electron chi connectivity index (χ3n) is 10.4. The fourth-order valence-corrected chi connectivity index (χ4v) is 6.98. The molecule has 0 bridgehead atoms. The molecular formula is C32H35F19. The normalized spacial score (nSPS) is 24.2. The summed E-state index contributed by atoms with van der Waals surface area (Å²) < 4.78 is 260. The first-order chi connectivity index (χ1) is 23.0. The second-order valence-corrected chi connectivity index (χ2v) is 13.7. The number of hydrogen-bond donors (Lipinski definition) is 0. The molecule has 19 heteroatoms. The van der Waals surface area contributed by atoms with Gasteiger partial charge < -0.3 is 0 Å². The zero-order valence-corrected chi connectivity index (χ0v) is 26.8. The molecule has 1 aromatic rings. The van der Waals surface area contributed by atoms with E-state index in [-0.39, 0.29) is 23.6 Å². The topological polar surface area (TPSA) is 0 Å². The van der Waals surface area contributed by atoms with Gasteiger partial charge in [-0.25, -0.2) is 0 Å². The van der Waals surface area contributed by atoms with Crippen LogP contribution < -0.4 is 0 Å². The van der Waals surface area contributed by atoms with Crippen LogP contribution >= 0.6 is 0 Å². The van der Waals surface area contributed by atoms with Crippen LogP contribution in [0.1, 0.15) is 101 Å². The first-order valence-electron chi connectivity index (χ1n) is 16.1. The molecule has 0 aliphatic heterocycles. The van der Waals surface area contributed by atoms with Gasteiger partial charge in [0.1, 0.15) is 0 Å². The van der Waals surface area contributed by atoms with Crippen molar-refractivity contribution in [2.75, 3.05) is 0 Å². The molecule has 0 nitrogen and oxygen atoms in total. The number of alkyl halides is 19. The lowest BCUT2D eigenvalue weighted by Gasteiger charge is -2.43.